The van der Waals surface area contributed by atoms with E-state index in [0.29, 0.717) is 49.4 Å². The average Bonchev–Trinajstić information content (AvgIpc) is 3.49. The molecule has 6 rings (SSSR count). The van der Waals surface area contributed by atoms with E-state index in [-0.39, 0.29) is 36.0 Å². The van der Waals surface area contributed by atoms with Gasteiger partial charge in [-0.3, -0.25) is 9.89 Å². The molecule has 2 aromatic rings. The van der Waals surface area contributed by atoms with Crippen molar-refractivity contribution in [2.75, 3.05) is 49.5 Å². The third-order valence-corrected chi connectivity index (χ3v) is 7.27. The van der Waals surface area contributed by atoms with Gasteiger partial charge in [0.05, 0.1) is 13.1 Å². The summed E-state index contributed by atoms with van der Waals surface area (Å²) in [7, 11) is 0. The van der Waals surface area contributed by atoms with Crippen LogP contribution in [0.3, 0.4) is 0 Å². The van der Waals surface area contributed by atoms with Crippen molar-refractivity contribution in [3.05, 3.63) is 52.1 Å². The number of allylic oxidation sites excluding steroid dienone is 1. The maximum absolute atomic E-state index is 15.3. The van der Waals surface area contributed by atoms with Crippen LogP contribution < -0.4 is 15.0 Å². The second kappa shape index (κ2) is 9.89. The zero-order valence-corrected chi connectivity index (χ0v) is 21.3. The number of hydrogen-bond acceptors (Lipinski definition) is 7. The fourth-order valence-corrected chi connectivity index (χ4v) is 5.16. The Morgan fingerprint density at radius 2 is 1.82 bits per heavy atom. The average molecular weight is 547 g/mol. The molecule has 0 unspecified atom stereocenters. The Kier molecular flexibility index (Phi) is 6.52. The molecule has 3 heterocycles. The predicted molar refractivity (Wildman–Crippen MR) is 137 cm³/mol. The number of rotatable bonds is 6. The number of piperazine rings is 1. The van der Waals surface area contributed by atoms with E-state index < -0.39 is 24.4 Å². The van der Waals surface area contributed by atoms with Crippen molar-refractivity contribution >= 4 is 23.5 Å². The van der Waals surface area contributed by atoms with Gasteiger partial charge in [0.25, 0.3) is 0 Å². The Balaban J connectivity index is 1.27. The third kappa shape index (κ3) is 5.75. The maximum Gasteiger partial charge on any atom is 0.401 e. The molecule has 2 aliphatic carbocycles. The van der Waals surface area contributed by atoms with Crippen LogP contribution in [0.25, 0.3) is 6.08 Å². The monoisotopic (exact) mass is 546 g/mol. The van der Waals surface area contributed by atoms with Gasteiger partial charge in [-0.2, -0.15) is 23.1 Å². The minimum atomic E-state index is -4.27. The Hall–Kier alpha value is -3.54. The number of hydrogen-bond donors (Lipinski definition) is 1. The number of nitrogens with zero attached hydrogens (tertiary/aromatic N) is 5. The summed E-state index contributed by atoms with van der Waals surface area (Å²) in [4.78, 5) is 16.5. The van der Waals surface area contributed by atoms with Crippen molar-refractivity contribution in [2.45, 2.75) is 32.4 Å². The molecule has 0 bridgehead atoms. The van der Waals surface area contributed by atoms with Crippen LogP contribution >= 0.6 is 0 Å². The highest BCUT2D eigenvalue weighted by atomic mass is 19.4. The third-order valence-electron chi connectivity index (χ3n) is 7.27. The quantitative estimate of drug-likeness (QED) is 0.493. The molecule has 0 radical (unpaired) electrons. The number of aromatic nitrogens is 2. The number of alkyl halides is 3. The highest BCUT2D eigenvalue weighted by molar-refractivity contribution is 6.05. The number of aliphatic imine (C=N–C) groups is 1. The number of fused-ring (bicyclic) bond motifs is 1. The first-order valence-electron chi connectivity index (χ1n) is 12.9. The summed E-state index contributed by atoms with van der Waals surface area (Å²) in [6, 6.07) is 2.43. The van der Waals surface area contributed by atoms with E-state index in [2.05, 4.69) is 20.3 Å². The van der Waals surface area contributed by atoms with Gasteiger partial charge in [-0.25, -0.2) is 8.78 Å². The number of amidine groups is 1. The predicted octanol–water partition coefficient (Wildman–Crippen LogP) is 5.35. The Bertz CT molecular complexity index is 1390. The lowest BCUT2D eigenvalue weighted by Gasteiger charge is -2.35. The van der Waals surface area contributed by atoms with Crippen LogP contribution in [-0.4, -0.2) is 66.1 Å². The van der Waals surface area contributed by atoms with Crippen molar-refractivity contribution in [3.8, 4) is 11.8 Å². The molecule has 2 fully saturated rings. The first-order valence-corrected chi connectivity index (χ1v) is 12.9. The molecule has 1 N–H and O–H groups in total. The SMILES string of the molecule is CC1=Cc2c(F)c(Oc3nc(NC4=NCC(C5CC5)=C4)cc(N4CCN(CC(F)(F)F)CC4)n3)cc(F)c2C1. The van der Waals surface area contributed by atoms with E-state index in [1.807, 2.05) is 11.0 Å². The van der Waals surface area contributed by atoms with Crippen LogP contribution in [0.4, 0.5) is 33.6 Å². The van der Waals surface area contributed by atoms with Gasteiger partial charge in [-0.15, -0.1) is 0 Å². The zero-order valence-electron chi connectivity index (χ0n) is 21.3. The molecule has 206 valence electrons. The summed E-state index contributed by atoms with van der Waals surface area (Å²) in [5.41, 5.74) is 2.52. The van der Waals surface area contributed by atoms with E-state index in [1.165, 1.54) is 10.5 Å². The maximum atomic E-state index is 15.3. The molecular weight excluding hydrogens is 519 g/mol. The molecule has 39 heavy (non-hydrogen) atoms. The summed E-state index contributed by atoms with van der Waals surface area (Å²) in [6.07, 6.45) is 1.95. The fourth-order valence-electron chi connectivity index (χ4n) is 5.16. The summed E-state index contributed by atoms with van der Waals surface area (Å²) < 4.78 is 74.2. The molecule has 12 heteroatoms. The van der Waals surface area contributed by atoms with Crippen molar-refractivity contribution in [3.63, 3.8) is 0 Å². The molecule has 0 atom stereocenters. The lowest BCUT2D eigenvalue weighted by atomic mass is 10.1. The van der Waals surface area contributed by atoms with Gasteiger partial charge >= 0.3 is 12.2 Å². The molecule has 2 aliphatic heterocycles. The number of anilines is 2. The standard InChI is InChI=1S/C27H27F5N6O/c1-15-8-18-19(9-15)25(29)21(11-20(18)28)39-26-35-23(34-22-10-17(13-33-22)16-2-3-16)12-24(36-26)38-6-4-37(5-7-38)14-27(30,31)32/h9-12,16H,2-8,13-14H2,1H3,(H,33,34,35,36). The molecule has 0 spiro atoms. The Morgan fingerprint density at radius 3 is 2.54 bits per heavy atom. The Labute approximate surface area is 222 Å². The van der Waals surface area contributed by atoms with Gasteiger partial charge in [-0.05, 0) is 43.8 Å². The fraction of sp³-hybridized carbons (Fsp3) is 0.444. The van der Waals surface area contributed by atoms with Gasteiger partial charge in [-0.1, -0.05) is 11.6 Å². The minimum absolute atomic E-state index is 0.149. The molecule has 7 nitrogen and oxygen atoms in total. The number of ether oxygens (including phenoxy) is 1. The van der Waals surface area contributed by atoms with Crippen LogP contribution in [0.2, 0.25) is 0 Å². The lowest BCUT2D eigenvalue weighted by molar-refractivity contribution is -0.146. The molecular formula is C27H27F5N6O. The van der Waals surface area contributed by atoms with E-state index in [0.717, 1.165) is 24.5 Å². The van der Waals surface area contributed by atoms with E-state index in [9.17, 15) is 17.6 Å². The molecule has 4 aliphatic rings. The largest absolute Gasteiger partial charge is 0.421 e. The van der Waals surface area contributed by atoms with Crippen molar-refractivity contribution < 1.29 is 26.7 Å². The first-order chi connectivity index (χ1) is 18.6. The van der Waals surface area contributed by atoms with Gasteiger partial charge in [0.1, 0.15) is 23.3 Å². The number of halogens is 5. The molecule has 1 saturated heterocycles. The summed E-state index contributed by atoms with van der Waals surface area (Å²) in [6.45, 7) is 2.42. The van der Waals surface area contributed by atoms with Crippen LogP contribution in [0.1, 0.15) is 30.9 Å². The number of benzene rings is 1. The molecule has 1 saturated carbocycles. The molecule has 1 aromatic heterocycles. The number of nitrogens with one attached hydrogen (secondary N) is 1. The van der Waals surface area contributed by atoms with Crippen molar-refractivity contribution in [1.82, 2.24) is 14.9 Å². The van der Waals surface area contributed by atoms with Gasteiger partial charge in [0.2, 0.25) is 0 Å². The van der Waals surface area contributed by atoms with Crippen molar-refractivity contribution in [2.24, 2.45) is 10.9 Å². The summed E-state index contributed by atoms with van der Waals surface area (Å²) in [5, 5.41) is 3.15. The van der Waals surface area contributed by atoms with Gasteiger partial charge in [0.15, 0.2) is 11.6 Å². The second-order valence-corrected chi connectivity index (χ2v) is 10.4. The summed E-state index contributed by atoms with van der Waals surface area (Å²) in [5.74, 6) is 0.292. The zero-order chi connectivity index (χ0) is 27.3. The molecule has 1 aromatic carbocycles. The lowest BCUT2D eigenvalue weighted by Crippen LogP contribution is -2.49. The van der Waals surface area contributed by atoms with Crippen LogP contribution in [0.15, 0.2) is 34.3 Å². The van der Waals surface area contributed by atoms with Crippen LogP contribution in [0, 0.1) is 17.6 Å². The highest BCUT2D eigenvalue weighted by Gasteiger charge is 2.33. The van der Waals surface area contributed by atoms with Gasteiger partial charge < -0.3 is 15.0 Å². The second-order valence-electron chi connectivity index (χ2n) is 10.4. The summed E-state index contributed by atoms with van der Waals surface area (Å²) >= 11 is 0. The highest BCUT2D eigenvalue weighted by Crippen LogP contribution is 2.38. The minimum Gasteiger partial charge on any atom is -0.421 e. The van der Waals surface area contributed by atoms with E-state index in [1.54, 1.807) is 19.1 Å². The smallest absolute Gasteiger partial charge is 0.401 e. The molecule has 0 amide bonds. The van der Waals surface area contributed by atoms with Crippen LogP contribution in [-0.2, 0) is 6.42 Å². The van der Waals surface area contributed by atoms with Gasteiger partial charge in [0, 0.05) is 49.4 Å². The van der Waals surface area contributed by atoms with Crippen LogP contribution in [0.5, 0.6) is 11.8 Å². The van der Waals surface area contributed by atoms with E-state index in [4.69, 9.17) is 4.74 Å². The van der Waals surface area contributed by atoms with Crippen molar-refractivity contribution in [1.29, 1.82) is 0 Å². The topological polar surface area (TPSA) is 65.9 Å². The normalized spacial score (nSPS) is 19.5. The van der Waals surface area contributed by atoms with E-state index >= 15 is 4.39 Å². The first kappa shape index (κ1) is 25.7. The Morgan fingerprint density at radius 1 is 1.05 bits per heavy atom.